The topological polar surface area (TPSA) is 75.4 Å². The molecule has 2 amide bonds. The van der Waals surface area contributed by atoms with Crippen LogP contribution in [-0.2, 0) is 9.59 Å². The van der Waals surface area contributed by atoms with Crippen LogP contribution in [0.15, 0.2) is 16.9 Å². The fraction of sp³-hybridized carbons (Fsp3) is 0.762. The van der Waals surface area contributed by atoms with E-state index >= 15 is 0 Å². The van der Waals surface area contributed by atoms with Crippen molar-refractivity contribution in [2.45, 2.75) is 85.0 Å². The average Bonchev–Trinajstić information content (AvgIpc) is 3.12. The smallest absolute Gasteiger partial charge is 0.245 e. The number of nitrogens with zero attached hydrogens (tertiary/aromatic N) is 2. The maximum Gasteiger partial charge on any atom is 0.245 e. The summed E-state index contributed by atoms with van der Waals surface area (Å²) in [5, 5.41) is 6.31. The van der Waals surface area contributed by atoms with E-state index in [0.29, 0.717) is 24.7 Å². The molecule has 0 radical (unpaired) electrons. The first kappa shape index (κ1) is 23.2. The monoisotopic (exact) mass is 379 g/mol. The van der Waals surface area contributed by atoms with E-state index in [1.165, 1.54) is 51.2 Å². The molecule has 1 N–H and O–H groups in total. The number of nitrogens with one attached hydrogen (secondary N) is 1. The van der Waals surface area contributed by atoms with E-state index in [4.69, 9.17) is 4.52 Å². The minimum Gasteiger partial charge on any atom is -0.363 e. The normalized spacial score (nSPS) is 11.0. The van der Waals surface area contributed by atoms with Gasteiger partial charge in [-0.3, -0.25) is 9.59 Å². The molecular weight excluding hydrogens is 342 g/mol. The number of carbonyl (C=O) groups excluding carboxylic acids is 2. The largest absolute Gasteiger partial charge is 0.363 e. The van der Waals surface area contributed by atoms with E-state index in [0.717, 1.165) is 12.8 Å². The lowest BCUT2D eigenvalue weighted by molar-refractivity contribution is -0.135. The van der Waals surface area contributed by atoms with Crippen molar-refractivity contribution in [3.8, 4) is 0 Å². The van der Waals surface area contributed by atoms with Gasteiger partial charge in [0, 0.05) is 19.0 Å². The molecule has 0 aromatic carbocycles. The SMILES string of the molecule is CCCCCCCCCCCC(=O)N(CC(=O)Nc1ccon1)CC(C)C. The predicted octanol–water partition coefficient (Wildman–Crippen LogP) is 5.02. The third kappa shape index (κ3) is 11.5. The van der Waals surface area contributed by atoms with Gasteiger partial charge in [0.15, 0.2) is 5.82 Å². The van der Waals surface area contributed by atoms with Crippen molar-refractivity contribution in [3.05, 3.63) is 12.3 Å². The van der Waals surface area contributed by atoms with Crippen molar-refractivity contribution in [2.24, 2.45) is 5.92 Å². The number of hydrogen-bond acceptors (Lipinski definition) is 4. The van der Waals surface area contributed by atoms with E-state index in [9.17, 15) is 9.59 Å². The van der Waals surface area contributed by atoms with Gasteiger partial charge >= 0.3 is 0 Å². The number of unbranched alkanes of at least 4 members (excludes halogenated alkanes) is 8. The molecule has 6 nitrogen and oxygen atoms in total. The van der Waals surface area contributed by atoms with Gasteiger partial charge in [0.25, 0.3) is 0 Å². The second kappa shape index (κ2) is 14.2. The van der Waals surface area contributed by atoms with Gasteiger partial charge in [-0.2, -0.15) is 0 Å². The third-order valence-corrected chi connectivity index (χ3v) is 4.47. The molecule has 0 aliphatic rings. The molecule has 0 atom stereocenters. The van der Waals surface area contributed by atoms with Gasteiger partial charge in [0.05, 0.1) is 6.54 Å². The Morgan fingerprint density at radius 1 is 1.07 bits per heavy atom. The van der Waals surface area contributed by atoms with Crippen LogP contribution in [0.4, 0.5) is 5.82 Å². The zero-order valence-electron chi connectivity index (χ0n) is 17.3. The minimum absolute atomic E-state index is 0.0568. The lowest BCUT2D eigenvalue weighted by Gasteiger charge is -2.24. The zero-order valence-corrected chi connectivity index (χ0v) is 17.3. The van der Waals surface area contributed by atoms with Gasteiger partial charge in [-0.25, -0.2) is 0 Å². The highest BCUT2D eigenvalue weighted by molar-refractivity contribution is 5.93. The van der Waals surface area contributed by atoms with Crippen LogP contribution in [0.25, 0.3) is 0 Å². The Morgan fingerprint density at radius 3 is 2.26 bits per heavy atom. The molecule has 1 aromatic rings. The van der Waals surface area contributed by atoms with Crippen LogP contribution in [0.1, 0.15) is 85.0 Å². The van der Waals surface area contributed by atoms with Gasteiger partial charge in [0.2, 0.25) is 11.8 Å². The molecule has 0 saturated heterocycles. The second-order valence-electron chi connectivity index (χ2n) is 7.68. The Labute approximate surface area is 164 Å². The summed E-state index contributed by atoms with van der Waals surface area (Å²) >= 11 is 0. The highest BCUT2D eigenvalue weighted by atomic mass is 16.5. The molecule has 1 heterocycles. The number of carbonyl (C=O) groups is 2. The van der Waals surface area contributed by atoms with Crippen LogP contribution >= 0.6 is 0 Å². The molecule has 0 unspecified atom stereocenters. The average molecular weight is 380 g/mol. The molecule has 1 rings (SSSR count). The van der Waals surface area contributed by atoms with Crippen LogP contribution in [0.5, 0.6) is 0 Å². The molecule has 0 bridgehead atoms. The van der Waals surface area contributed by atoms with E-state index in [2.05, 4.69) is 17.4 Å². The first-order chi connectivity index (χ1) is 13.0. The summed E-state index contributed by atoms with van der Waals surface area (Å²) in [5.74, 6) is 0.500. The summed E-state index contributed by atoms with van der Waals surface area (Å²) in [5.41, 5.74) is 0. The Hall–Kier alpha value is -1.85. The van der Waals surface area contributed by atoms with Gasteiger partial charge in [-0.1, -0.05) is 77.3 Å². The molecular formula is C21H37N3O3. The minimum atomic E-state index is -0.245. The van der Waals surface area contributed by atoms with E-state index in [1.807, 2.05) is 13.8 Å². The molecule has 0 aliphatic heterocycles. The maximum atomic E-state index is 12.5. The van der Waals surface area contributed by atoms with Gasteiger partial charge < -0.3 is 14.7 Å². The summed E-state index contributed by atoms with van der Waals surface area (Å²) in [6.07, 6.45) is 12.9. The molecule has 0 saturated carbocycles. The van der Waals surface area contributed by atoms with E-state index < -0.39 is 0 Å². The Balaban J connectivity index is 2.25. The molecule has 0 fully saturated rings. The fourth-order valence-electron chi connectivity index (χ4n) is 3.07. The molecule has 6 heteroatoms. The summed E-state index contributed by atoms with van der Waals surface area (Å²) in [6, 6.07) is 1.58. The third-order valence-electron chi connectivity index (χ3n) is 4.47. The molecule has 27 heavy (non-hydrogen) atoms. The van der Waals surface area contributed by atoms with Crippen molar-refractivity contribution in [2.75, 3.05) is 18.4 Å². The number of aromatic nitrogens is 1. The van der Waals surface area contributed by atoms with Crippen LogP contribution in [-0.4, -0.2) is 35.0 Å². The maximum absolute atomic E-state index is 12.5. The Morgan fingerprint density at radius 2 is 1.70 bits per heavy atom. The standard InChI is InChI=1S/C21H37N3O3/c1-4-5-6-7-8-9-10-11-12-13-21(26)24(16-18(2)3)17-20(25)22-19-14-15-27-23-19/h14-15,18H,4-13,16-17H2,1-3H3,(H,22,23,25). The van der Waals surface area contributed by atoms with Crippen molar-refractivity contribution < 1.29 is 14.1 Å². The first-order valence-electron chi connectivity index (χ1n) is 10.5. The van der Waals surface area contributed by atoms with Crippen LogP contribution in [0.2, 0.25) is 0 Å². The Bertz CT molecular complexity index is 515. The van der Waals surface area contributed by atoms with Crippen molar-refractivity contribution in [1.29, 1.82) is 0 Å². The van der Waals surface area contributed by atoms with Gasteiger partial charge in [-0.05, 0) is 12.3 Å². The molecule has 0 spiro atoms. The summed E-state index contributed by atoms with van der Waals surface area (Å²) in [6.45, 7) is 6.98. The van der Waals surface area contributed by atoms with Crippen LogP contribution in [0.3, 0.4) is 0 Å². The zero-order chi connectivity index (χ0) is 19.9. The van der Waals surface area contributed by atoms with Crippen molar-refractivity contribution in [1.82, 2.24) is 10.1 Å². The Kier molecular flexibility index (Phi) is 12.2. The highest BCUT2D eigenvalue weighted by Crippen LogP contribution is 2.12. The van der Waals surface area contributed by atoms with Crippen LogP contribution < -0.4 is 5.32 Å². The highest BCUT2D eigenvalue weighted by Gasteiger charge is 2.18. The van der Waals surface area contributed by atoms with E-state index in [1.54, 1.807) is 11.0 Å². The molecule has 0 aliphatic carbocycles. The van der Waals surface area contributed by atoms with Crippen molar-refractivity contribution >= 4 is 17.6 Å². The van der Waals surface area contributed by atoms with Crippen molar-refractivity contribution in [3.63, 3.8) is 0 Å². The lowest BCUT2D eigenvalue weighted by Crippen LogP contribution is -2.40. The second-order valence-corrected chi connectivity index (χ2v) is 7.68. The number of anilines is 1. The van der Waals surface area contributed by atoms with Gasteiger partial charge in [-0.15, -0.1) is 0 Å². The summed E-state index contributed by atoms with van der Waals surface area (Å²) in [7, 11) is 0. The first-order valence-corrected chi connectivity index (χ1v) is 10.5. The fourth-order valence-corrected chi connectivity index (χ4v) is 3.07. The van der Waals surface area contributed by atoms with Gasteiger partial charge in [0.1, 0.15) is 6.26 Å². The summed E-state index contributed by atoms with van der Waals surface area (Å²) in [4.78, 5) is 26.3. The number of rotatable bonds is 15. The lowest BCUT2D eigenvalue weighted by atomic mass is 10.1. The quantitative estimate of drug-likeness (QED) is 0.434. The summed E-state index contributed by atoms with van der Waals surface area (Å²) < 4.78 is 4.70. The molecule has 1 aromatic heterocycles. The number of amides is 2. The number of hydrogen-bond donors (Lipinski definition) is 1. The molecule has 154 valence electrons. The van der Waals surface area contributed by atoms with Crippen LogP contribution in [0, 0.1) is 5.92 Å². The van der Waals surface area contributed by atoms with E-state index in [-0.39, 0.29) is 18.4 Å². The predicted molar refractivity (Wildman–Crippen MR) is 108 cm³/mol.